The van der Waals surface area contributed by atoms with E-state index in [1.165, 1.54) is 64.5 Å². The van der Waals surface area contributed by atoms with E-state index in [0.717, 1.165) is 61.1 Å². The van der Waals surface area contributed by atoms with Crippen LogP contribution in [0.25, 0.3) is 109 Å². The fourth-order valence-corrected chi connectivity index (χ4v) is 11.4. The van der Waals surface area contributed by atoms with E-state index in [0.29, 0.717) is 0 Å². The zero-order chi connectivity index (χ0) is 44.3. The number of rotatable bonds is 8. The van der Waals surface area contributed by atoms with Crippen molar-refractivity contribution in [3.05, 3.63) is 249 Å². The van der Waals surface area contributed by atoms with E-state index >= 15 is 0 Å². The highest BCUT2D eigenvalue weighted by atomic mass is 32.1. The highest BCUT2D eigenvalue weighted by Gasteiger charge is 2.22. The Labute approximate surface area is 392 Å². The van der Waals surface area contributed by atoms with Crippen molar-refractivity contribution in [3.63, 3.8) is 0 Å². The lowest BCUT2D eigenvalue weighted by Gasteiger charge is -2.28. The zero-order valence-electron chi connectivity index (χ0n) is 36.4. The maximum atomic E-state index is 6.71. The molecule has 0 spiro atoms. The molecule has 67 heavy (non-hydrogen) atoms. The van der Waals surface area contributed by atoms with Gasteiger partial charge in [-0.25, -0.2) is 0 Å². The number of thiophene rings is 1. The van der Waals surface area contributed by atoms with Crippen molar-refractivity contribution in [2.75, 3.05) is 4.90 Å². The number of hydrogen-bond donors (Lipinski definition) is 0. The lowest BCUT2D eigenvalue weighted by atomic mass is 9.91. The van der Waals surface area contributed by atoms with Crippen LogP contribution in [0.1, 0.15) is 0 Å². The Morgan fingerprint density at radius 1 is 0.328 bits per heavy atom. The van der Waals surface area contributed by atoms with Gasteiger partial charge in [-0.05, 0) is 110 Å². The van der Waals surface area contributed by atoms with Crippen LogP contribution in [0, 0.1) is 0 Å². The summed E-state index contributed by atoms with van der Waals surface area (Å²) in [6, 6.07) is 90.1. The standard InChI is InChI=1S/C64H41NOS/c1-3-15-43(16-4-1)50-39-34-47(41-58(50)44-17-5-2-6-18-44)42-29-35-48(36-30-42)65(49-37-31-46(32-38-49)52-23-13-25-56-54-22-10-12-28-61(54)67-64(52)56)59-26-11-9-21-53(59)55-24-14-27-60-62(55)57-40-33-45-19-7-8-20-51(45)63(57)66-60/h1-41H. The van der Waals surface area contributed by atoms with Crippen LogP contribution in [0.5, 0.6) is 0 Å². The lowest BCUT2D eigenvalue weighted by Crippen LogP contribution is -2.11. The van der Waals surface area contributed by atoms with Crippen LogP contribution in [-0.4, -0.2) is 0 Å². The van der Waals surface area contributed by atoms with E-state index in [4.69, 9.17) is 4.42 Å². The van der Waals surface area contributed by atoms with Crippen molar-refractivity contribution in [3.8, 4) is 55.6 Å². The fourth-order valence-electron chi connectivity index (χ4n) is 10.1. The van der Waals surface area contributed by atoms with Crippen LogP contribution in [-0.2, 0) is 0 Å². The predicted molar refractivity (Wildman–Crippen MR) is 286 cm³/mol. The minimum absolute atomic E-state index is 0.877. The molecule has 13 rings (SSSR count). The van der Waals surface area contributed by atoms with E-state index in [-0.39, 0.29) is 0 Å². The highest BCUT2D eigenvalue weighted by molar-refractivity contribution is 7.26. The monoisotopic (exact) mass is 871 g/mol. The van der Waals surface area contributed by atoms with Crippen molar-refractivity contribution in [1.82, 2.24) is 0 Å². The van der Waals surface area contributed by atoms with Crippen LogP contribution in [0.3, 0.4) is 0 Å². The van der Waals surface area contributed by atoms with E-state index in [2.05, 4.69) is 254 Å². The van der Waals surface area contributed by atoms with Gasteiger partial charge in [-0.1, -0.05) is 194 Å². The van der Waals surface area contributed by atoms with Gasteiger partial charge < -0.3 is 9.32 Å². The average molecular weight is 872 g/mol. The maximum Gasteiger partial charge on any atom is 0.143 e. The van der Waals surface area contributed by atoms with Gasteiger partial charge in [0.15, 0.2) is 0 Å². The van der Waals surface area contributed by atoms with E-state index in [1.807, 2.05) is 11.3 Å². The average Bonchev–Trinajstić information content (AvgIpc) is 3.99. The molecule has 0 amide bonds. The first-order valence-corrected chi connectivity index (χ1v) is 23.6. The minimum Gasteiger partial charge on any atom is -0.455 e. The van der Waals surface area contributed by atoms with Crippen LogP contribution in [0.2, 0.25) is 0 Å². The molecule has 11 aromatic carbocycles. The molecule has 0 atom stereocenters. The van der Waals surface area contributed by atoms with Crippen LogP contribution in [0.15, 0.2) is 253 Å². The molecule has 2 nitrogen and oxygen atoms in total. The van der Waals surface area contributed by atoms with Crippen LogP contribution in [0.4, 0.5) is 17.1 Å². The third-order valence-electron chi connectivity index (χ3n) is 13.3. The van der Waals surface area contributed by atoms with Crippen molar-refractivity contribution >= 4 is 81.3 Å². The third-order valence-corrected chi connectivity index (χ3v) is 14.5. The molecule has 2 heterocycles. The molecule has 0 aliphatic carbocycles. The van der Waals surface area contributed by atoms with Gasteiger partial charge in [0, 0.05) is 53.3 Å². The van der Waals surface area contributed by atoms with Crippen molar-refractivity contribution in [2.45, 2.75) is 0 Å². The molecule has 0 fully saturated rings. The molecular weight excluding hydrogens is 831 g/mol. The second-order valence-electron chi connectivity index (χ2n) is 17.2. The maximum absolute atomic E-state index is 6.71. The largest absolute Gasteiger partial charge is 0.455 e. The lowest BCUT2D eigenvalue weighted by molar-refractivity contribution is 0.673. The Balaban J connectivity index is 0.962. The second-order valence-corrected chi connectivity index (χ2v) is 18.2. The van der Waals surface area contributed by atoms with Gasteiger partial charge in [-0.3, -0.25) is 0 Å². The number of benzene rings is 11. The first-order chi connectivity index (χ1) is 33.2. The van der Waals surface area contributed by atoms with Crippen molar-refractivity contribution in [1.29, 1.82) is 0 Å². The summed E-state index contributed by atoms with van der Waals surface area (Å²) in [6.45, 7) is 0. The molecule has 314 valence electrons. The molecule has 0 aliphatic heterocycles. The number of furan rings is 1. The topological polar surface area (TPSA) is 16.4 Å². The van der Waals surface area contributed by atoms with Gasteiger partial charge >= 0.3 is 0 Å². The highest BCUT2D eigenvalue weighted by Crippen LogP contribution is 2.47. The number of para-hydroxylation sites is 1. The summed E-state index contributed by atoms with van der Waals surface area (Å²) in [5, 5.41) is 7.13. The third kappa shape index (κ3) is 6.71. The molecule has 13 aromatic rings. The van der Waals surface area contributed by atoms with Crippen molar-refractivity contribution in [2.24, 2.45) is 0 Å². The summed E-state index contributed by atoms with van der Waals surface area (Å²) in [5.41, 5.74) is 16.9. The van der Waals surface area contributed by atoms with E-state index < -0.39 is 0 Å². The fraction of sp³-hybridized carbons (Fsp3) is 0. The van der Waals surface area contributed by atoms with Crippen LogP contribution < -0.4 is 4.90 Å². The van der Waals surface area contributed by atoms with Gasteiger partial charge in [-0.2, -0.15) is 0 Å². The molecular formula is C64H41NOS. The van der Waals surface area contributed by atoms with Gasteiger partial charge in [-0.15, -0.1) is 11.3 Å². The normalized spacial score (nSPS) is 11.6. The number of anilines is 3. The molecule has 0 saturated heterocycles. The predicted octanol–water partition coefficient (Wildman–Crippen LogP) is 18.9. The van der Waals surface area contributed by atoms with E-state index in [1.54, 1.807) is 0 Å². The van der Waals surface area contributed by atoms with Gasteiger partial charge in [0.1, 0.15) is 11.2 Å². The molecule has 0 unspecified atom stereocenters. The Kier molecular flexibility index (Phi) is 9.40. The summed E-state index contributed by atoms with van der Waals surface area (Å²) in [6.07, 6.45) is 0. The number of hydrogen-bond acceptors (Lipinski definition) is 3. The Morgan fingerprint density at radius 2 is 0.910 bits per heavy atom. The smallest absolute Gasteiger partial charge is 0.143 e. The Bertz CT molecular complexity index is 3960. The molecule has 0 saturated carbocycles. The Morgan fingerprint density at radius 3 is 1.70 bits per heavy atom. The molecule has 0 aliphatic rings. The van der Waals surface area contributed by atoms with Gasteiger partial charge in [0.2, 0.25) is 0 Å². The molecule has 0 bridgehead atoms. The second kappa shape index (κ2) is 16.2. The molecule has 2 aromatic heterocycles. The summed E-state index contributed by atoms with van der Waals surface area (Å²) in [5.74, 6) is 0. The van der Waals surface area contributed by atoms with Crippen LogP contribution >= 0.6 is 11.3 Å². The minimum atomic E-state index is 0.877. The molecule has 0 radical (unpaired) electrons. The summed E-state index contributed by atoms with van der Waals surface area (Å²) in [4.78, 5) is 2.41. The number of fused-ring (bicyclic) bond motifs is 8. The Hall–Kier alpha value is -8.50. The quantitative estimate of drug-likeness (QED) is 0.151. The summed E-state index contributed by atoms with van der Waals surface area (Å²) >= 11 is 1.87. The zero-order valence-corrected chi connectivity index (χ0v) is 37.3. The number of nitrogens with zero attached hydrogens (tertiary/aromatic N) is 1. The molecule has 0 N–H and O–H groups in total. The summed E-state index contributed by atoms with van der Waals surface area (Å²) in [7, 11) is 0. The van der Waals surface area contributed by atoms with Crippen molar-refractivity contribution < 1.29 is 4.42 Å². The van der Waals surface area contributed by atoms with Gasteiger partial charge in [0.05, 0.1) is 5.69 Å². The van der Waals surface area contributed by atoms with Gasteiger partial charge in [0.25, 0.3) is 0 Å². The SMILES string of the molecule is c1ccc(-c2ccc(-c3ccc(N(c4ccc(-c5cccc6c5sc5ccccc56)cc4)c4ccccc4-c4cccc5oc6c7ccccc7ccc6c45)cc3)cc2-c2ccccc2)cc1. The first-order valence-electron chi connectivity index (χ1n) is 22.8. The summed E-state index contributed by atoms with van der Waals surface area (Å²) < 4.78 is 9.34. The molecule has 3 heteroatoms. The van der Waals surface area contributed by atoms with E-state index in [9.17, 15) is 0 Å². The first kappa shape index (κ1) is 38.9.